The number of rotatable bonds is 4. The first-order chi connectivity index (χ1) is 7.31. The van der Waals surface area contributed by atoms with Gasteiger partial charge in [-0.2, -0.15) is 0 Å². The first-order valence-corrected chi connectivity index (χ1v) is 7.07. The molecule has 1 aliphatic heterocycles. The van der Waals surface area contributed by atoms with Gasteiger partial charge >= 0.3 is 0 Å². The van der Waals surface area contributed by atoms with Gasteiger partial charge in [-0.1, -0.05) is 6.92 Å². The van der Waals surface area contributed by atoms with E-state index >= 15 is 0 Å². The fraction of sp³-hybridized carbons (Fsp3) is 0.455. The summed E-state index contributed by atoms with van der Waals surface area (Å²) in [6.07, 6.45) is 3.23. The monoisotopic (exact) mass is 335 g/mol. The van der Waals surface area contributed by atoms with Gasteiger partial charge in [0.1, 0.15) is 5.76 Å². The molecule has 0 aliphatic carbocycles. The van der Waals surface area contributed by atoms with Crippen LogP contribution in [-0.4, -0.2) is 13.2 Å². The van der Waals surface area contributed by atoms with Gasteiger partial charge in [0.25, 0.3) is 0 Å². The molecule has 1 aromatic rings. The number of likely N-dealkylation sites (N-methyl/N-ethyl adjacent to an activating group) is 1. The molecule has 0 aromatic carbocycles. The second-order valence-electron chi connectivity index (χ2n) is 3.42. The van der Waals surface area contributed by atoms with E-state index in [4.69, 9.17) is 4.74 Å². The highest BCUT2D eigenvalue weighted by Crippen LogP contribution is 2.30. The van der Waals surface area contributed by atoms with Crippen LogP contribution in [0.5, 0.6) is 0 Å². The molecule has 1 N–H and O–H groups in total. The maximum absolute atomic E-state index is 5.63. The fourth-order valence-corrected chi connectivity index (χ4v) is 3.10. The Hall–Kier alpha value is -0.0700. The van der Waals surface area contributed by atoms with Gasteiger partial charge < -0.3 is 10.1 Å². The molecule has 2 rings (SSSR count). The second-order valence-corrected chi connectivity index (χ2v) is 6.22. The predicted octanol–water partition coefficient (Wildman–Crippen LogP) is 3.31. The minimum Gasteiger partial charge on any atom is -0.496 e. The van der Waals surface area contributed by atoms with Crippen molar-refractivity contribution in [3.05, 3.63) is 31.7 Å². The molecule has 1 aliphatic rings. The van der Waals surface area contributed by atoms with Crippen molar-refractivity contribution >= 4 is 33.9 Å². The number of halogens is 1. The Bertz CT molecular complexity index is 361. The van der Waals surface area contributed by atoms with Gasteiger partial charge in [0.15, 0.2) is 0 Å². The van der Waals surface area contributed by atoms with Gasteiger partial charge in [0.2, 0.25) is 0 Å². The summed E-state index contributed by atoms with van der Waals surface area (Å²) in [5, 5.41) is 5.67. The van der Waals surface area contributed by atoms with Crippen LogP contribution in [0.4, 0.5) is 0 Å². The molecule has 2 heterocycles. The van der Waals surface area contributed by atoms with Crippen molar-refractivity contribution in [2.24, 2.45) is 0 Å². The third-order valence-corrected chi connectivity index (χ3v) is 4.15. The highest BCUT2D eigenvalue weighted by Gasteiger charge is 2.20. The highest BCUT2D eigenvalue weighted by molar-refractivity contribution is 14.1. The standard InChI is InChI=1S/C11H14INOS/c1-2-13-11(9-4-3-5-14-9)8-6-10(12)15-7-8/h4,6-7,11,13H,2-3,5H2,1H3. The van der Waals surface area contributed by atoms with Crippen molar-refractivity contribution in [3.63, 3.8) is 0 Å². The minimum absolute atomic E-state index is 0.247. The lowest BCUT2D eigenvalue weighted by atomic mass is 10.1. The summed E-state index contributed by atoms with van der Waals surface area (Å²) < 4.78 is 6.96. The van der Waals surface area contributed by atoms with E-state index in [0.29, 0.717) is 0 Å². The molecule has 15 heavy (non-hydrogen) atoms. The van der Waals surface area contributed by atoms with Crippen LogP contribution in [0.3, 0.4) is 0 Å². The Kier molecular flexibility index (Phi) is 4.05. The van der Waals surface area contributed by atoms with E-state index in [1.54, 1.807) is 11.3 Å². The van der Waals surface area contributed by atoms with Gasteiger partial charge in [0.05, 0.1) is 15.5 Å². The van der Waals surface area contributed by atoms with Crippen LogP contribution < -0.4 is 5.32 Å². The minimum atomic E-state index is 0.247. The SMILES string of the molecule is CCNC(C1=CCCO1)c1csc(I)c1. The largest absolute Gasteiger partial charge is 0.496 e. The van der Waals surface area contributed by atoms with Crippen LogP contribution >= 0.6 is 33.9 Å². The van der Waals surface area contributed by atoms with E-state index in [9.17, 15) is 0 Å². The van der Waals surface area contributed by atoms with Gasteiger partial charge in [-0.25, -0.2) is 0 Å². The zero-order valence-electron chi connectivity index (χ0n) is 8.63. The predicted molar refractivity (Wildman–Crippen MR) is 72.1 cm³/mol. The molecule has 0 amide bonds. The Morgan fingerprint density at radius 1 is 1.67 bits per heavy atom. The fourth-order valence-electron chi connectivity index (χ4n) is 1.70. The molecule has 0 radical (unpaired) electrons. The summed E-state index contributed by atoms with van der Waals surface area (Å²) in [6, 6.07) is 2.47. The summed E-state index contributed by atoms with van der Waals surface area (Å²) in [4.78, 5) is 0. The lowest BCUT2D eigenvalue weighted by molar-refractivity contribution is 0.216. The topological polar surface area (TPSA) is 21.3 Å². The zero-order chi connectivity index (χ0) is 10.7. The van der Waals surface area contributed by atoms with Crippen molar-refractivity contribution < 1.29 is 4.74 Å². The molecule has 0 saturated heterocycles. The average molecular weight is 335 g/mol. The number of ether oxygens (including phenoxy) is 1. The molecule has 0 bridgehead atoms. The Morgan fingerprint density at radius 3 is 3.07 bits per heavy atom. The average Bonchev–Trinajstić information content (AvgIpc) is 2.85. The van der Waals surface area contributed by atoms with E-state index in [0.717, 1.165) is 25.3 Å². The van der Waals surface area contributed by atoms with Crippen LogP contribution in [0.15, 0.2) is 23.3 Å². The van der Waals surface area contributed by atoms with Crippen molar-refractivity contribution in [2.75, 3.05) is 13.2 Å². The van der Waals surface area contributed by atoms with Crippen molar-refractivity contribution in [1.29, 1.82) is 0 Å². The van der Waals surface area contributed by atoms with Gasteiger partial charge in [-0.3, -0.25) is 0 Å². The summed E-state index contributed by atoms with van der Waals surface area (Å²) in [7, 11) is 0. The first kappa shape index (κ1) is 11.4. The molecule has 1 atom stereocenters. The normalized spacial score (nSPS) is 17.3. The summed E-state index contributed by atoms with van der Waals surface area (Å²) in [6.45, 7) is 3.91. The Labute approximate surface area is 108 Å². The van der Waals surface area contributed by atoms with Crippen LogP contribution in [0.2, 0.25) is 0 Å². The van der Waals surface area contributed by atoms with Crippen molar-refractivity contribution in [1.82, 2.24) is 5.32 Å². The van der Waals surface area contributed by atoms with Gasteiger partial charge in [-0.05, 0) is 52.2 Å². The molecule has 2 nitrogen and oxygen atoms in total. The smallest absolute Gasteiger partial charge is 0.114 e. The molecular weight excluding hydrogens is 321 g/mol. The number of hydrogen-bond acceptors (Lipinski definition) is 3. The van der Waals surface area contributed by atoms with E-state index in [1.807, 2.05) is 0 Å². The molecule has 1 unspecified atom stereocenters. The van der Waals surface area contributed by atoms with Crippen LogP contribution in [-0.2, 0) is 4.74 Å². The van der Waals surface area contributed by atoms with Crippen LogP contribution in [0.1, 0.15) is 24.9 Å². The zero-order valence-corrected chi connectivity index (χ0v) is 11.6. The molecule has 1 aromatic heterocycles. The number of hydrogen-bond donors (Lipinski definition) is 1. The maximum atomic E-state index is 5.63. The Morgan fingerprint density at radius 2 is 2.53 bits per heavy atom. The molecule has 0 fully saturated rings. The van der Waals surface area contributed by atoms with Gasteiger partial charge in [-0.15, -0.1) is 11.3 Å². The summed E-state index contributed by atoms with van der Waals surface area (Å²) in [5.74, 6) is 1.09. The van der Waals surface area contributed by atoms with Crippen molar-refractivity contribution in [3.8, 4) is 0 Å². The van der Waals surface area contributed by atoms with E-state index in [2.05, 4.69) is 52.4 Å². The van der Waals surface area contributed by atoms with Crippen LogP contribution in [0.25, 0.3) is 0 Å². The molecular formula is C11H14INOS. The molecule has 0 saturated carbocycles. The van der Waals surface area contributed by atoms with Crippen LogP contribution in [0, 0.1) is 2.88 Å². The first-order valence-electron chi connectivity index (χ1n) is 5.11. The van der Waals surface area contributed by atoms with Gasteiger partial charge in [0, 0.05) is 6.42 Å². The van der Waals surface area contributed by atoms with E-state index < -0.39 is 0 Å². The lowest BCUT2D eigenvalue weighted by Gasteiger charge is -2.17. The molecule has 0 spiro atoms. The molecule has 82 valence electrons. The summed E-state index contributed by atoms with van der Waals surface area (Å²) in [5.41, 5.74) is 1.32. The number of thiophene rings is 1. The second kappa shape index (κ2) is 5.32. The Balaban J connectivity index is 2.18. The highest BCUT2D eigenvalue weighted by atomic mass is 127. The quantitative estimate of drug-likeness (QED) is 0.853. The number of nitrogens with one attached hydrogen (secondary N) is 1. The third kappa shape index (κ3) is 2.73. The summed E-state index contributed by atoms with van der Waals surface area (Å²) >= 11 is 4.14. The van der Waals surface area contributed by atoms with E-state index in [1.165, 1.54) is 8.45 Å². The van der Waals surface area contributed by atoms with E-state index in [-0.39, 0.29) is 6.04 Å². The lowest BCUT2D eigenvalue weighted by Crippen LogP contribution is -2.22. The third-order valence-electron chi connectivity index (χ3n) is 2.35. The van der Waals surface area contributed by atoms with Crippen molar-refractivity contribution in [2.45, 2.75) is 19.4 Å². The molecule has 4 heteroatoms. The maximum Gasteiger partial charge on any atom is 0.114 e.